The van der Waals surface area contributed by atoms with Crippen LogP contribution in [0.1, 0.15) is 49.1 Å². The summed E-state index contributed by atoms with van der Waals surface area (Å²) in [6.45, 7) is 0.632. The van der Waals surface area contributed by atoms with Crippen LogP contribution in [0.15, 0.2) is 12.1 Å². The number of fused-ring (bicyclic) bond motifs is 1. The lowest BCUT2D eigenvalue weighted by atomic mass is 9.92. The molecule has 3 amide bonds. The molecule has 3 unspecified atom stereocenters. The van der Waals surface area contributed by atoms with Gasteiger partial charge in [-0.05, 0) is 43.7 Å². The molecule has 0 radical (unpaired) electrons. The molecule has 2 aliphatic rings. The van der Waals surface area contributed by atoms with Crippen LogP contribution in [0, 0.1) is 23.2 Å². The lowest BCUT2D eigenvalue weighted by Crippen LogP contribution is -2.50. The second kappa shape index (κ2) is 9.98. The van der Waals surface area contributed by atoms with Gasteiger partial charge in [0.25, 0.3) is 5.91 Å². The number of nitriles is 1. The van der Waals surface area contributed by atoms with Gasteiger partial charge in [-0.1, -0.05) is 36.0 Å². The van der Waals surface area contributed by atoms with Crippen LogP contribution in [0.3, 0.4) is 0 Å². The maximum absolute atomic E-state index is 13.0. The first-order chi connectivity index (χ1) is 15.9. The van der Waals surface area contributed by atoms with Gasteiger partial charge >= 0.3 is 0 Å². The molecule has 4 rings (SSSR count). The van der Waals surface area contributed by atoms with Crippen LogP contribution < -0.4 is 16.0 Å². The Kier molecular flexibility index (Phi) is 7.05. The number of amides is 3. The Balaban J connectivity index is 1.45. The third kappa shape index (κ3) is 5.57. The summed E-state index contributed by atoms with van der Waals surface area (Å²) < 4.78 is 0. The topological polar surface area (TPSA) is 140 Å². The number of hydrogen-bond donors (Lipinski definition) is 4. The molecule has 1 aromatic carbocycles. The summed E-state index contributed by atoms with van der Waals surface area (Å²) in [4.78, 5) is 45.0. The van der Waals surface area contributed by atoms with Crippen molar-refractivity contribution in [3.8, 4) is 6.07 Å². The van der Waals surface area contributed by atoms with Crippen molar-refractivity contribution in [3.63, 3.8) is 0 Å². The summed E-state index contributed by atoms with van der Waals surface area (Å²) in [5.74, 6) is -1.11. The number of carbonyl (C=O) groups is 3. The molecule has 2 fully saturated rings. The number of aromatic nitrogens is 2. The van der Waals surface area contributed by atoms with E-state index in [-0.39, 0.29) is 24.1 Å². The number of nitrogens with zero attached hydrogens (tertiary/aromatic N) is 2. The largest absolute Gasteiger partial charge is 0.356 e. The molecular formula is C22H24Cl2N6O3. The number of rotatable bonds is 8. The molecule has 1 aliphatic carbocycles. The minimum atomic E-state index is -0.833. The number of hydrogen-bond acceptors (Lipinski definition) is 5. The second-order valence-electron chi connectivity index (χ2n) is 8.60. The molecular weight excluding hydrogens is 467 g/mol. The van der Waals surface area contributed by atoms with E-state index in [1.165, 1.54) is 0 Å². The van der Waals surface area contributed by atoms with Crippen molar-refractivity contribution < 1.29 is 14.4 Å². The minimum Gasteiger partial charge on any atom is -0.356 e. The fourth-order valence-corrected chi connectivity index (χ4v) is 4.44. The first kappa shape index (κ1) is 23.3. The summed E-state index contributed by atoms with van der Waals surface area (Å²) >= 11 is 12.3. The van der Waals surface area contributed by atoms with Crippen LogP contribution in [-0.2, 0) is 9.59 Å². The molecule has 3 atom stereocenters. The number of nitrogens with one attached hydrogen (secondary N) is 4. The summed E-state index contributed by atoms with van der Waals surface area (Å²) in [6.07, 6.45) is 4.19. The Morgan fingerprint density at radius 3 is 2.61 bits per heavy atom. The van der Waals surface area contributed by atoms with Crippen molar-refractivity contribution in [2.24, 2.45) is 11.8 Å². The van der Waals surface area contributed by atoms with Gasteiger partial charge < -0.3 is 20.9 Å². The van der Waals surface area contributed by atoms with Crippen LogP contribution in [0.25, 0.3) is 11.0 Å². The van der Waals surface area contributed by atoms with Crippen molar-refractivity contribution >= 4 is 52.0 Å². The Hall–Kier alpha value is -2.83. The van der Waals surface area contributed by atoms with Crippen LogP contribution >= 0.6 is 23.2 Å². The number of halogens is 2. The number of H-pyrrole nitrogens is 1. The first-order valence-electron chi connectivity index (χ1n) is 11.0. The quantitative estimate of drug-likeness (QED) is 0.450. The fraction of sp³-hybridized carbons (Fsp3) is 0.500. The second-order valence-corrected chi connectivity index (χ2v) is 9.41. The van der Waals surface area contributed by atoms with Crippen LogP contribution in [0.4, 0.5) is 0 Å². The molecule has 1 saturated carbocycles. The highest BCUT2D eigenvalue weighted by Gasteiger charge is 2.33. The van der Waals surface area contributed by atoms with Gasteiger partial charge in [-0.15, -0.1) is 0 Å². The molecule has 33 heavy (non-hydrogen) atoms. The van der Waals surface area contributed by atoms with Gasteiger partial charge in [-0.3, -0.25) is 14.4 Å². The third-order valence-electron chi connectivity index (χ3n) is 6.04. The number of aromatic amines is 1. The number of benzene rings is 1. The van der Waals surface area contributed by atoms with Gasteiger partial charge in [0, 0.05) is 12.5 Å². The minimum absolute atomic E-state index is 0.00990. The maximum Gasteiger partial charge on any atom is 0.287 e. The number of imidazole rings is 1. The molecule has 174 valence electrons. The highest BCUT2D eigenvalue weighted by atomic mass is 35.5. The summed E-state index contributed by atoms with van der Waals surface area (Å²) in [5.41, 5.74) is 0.806. The van der Waals surface area contributed by atoms with E-state index in [4.69, 9.17) is 23.2 Å². The maximum atomic E-state index is 13.0. The zero-order valence-electron chi connectivity index (χ0n) is 17.8. The normalized spacial score (nSPS) is 19.9. The van der Waals surface area contributed by atoms with Crippen molar-refractivity contribution in [1.29, 1.82) is 5.26 Å². The van der Waals surface area contributed by atoms with E-state index in [1.807, 2.05) is 0 Å². The summed E-state index contributed by atoms with van der Waals surface area (Å²) in [5, 5.41) is 18.5. The average molecular weight is 491 g/mol. The van der Waals surface area contributed by atoms with Gasteiger partial charge in [0.2, 0.25) is 11.8 Å². The van der Waals surface area contributed by atoms with Gasteiger partial charge in [0.05, 0.1) is 21.6 Å². The van der Waals surface area contributed by atoms with Crippen molar-refractivity contribution in [2.45, 2.75) is 50.6 Å². The highest BCUT2D eigenvalue weighted by Crippen LogP contribution is 2.34. The van der Waals surface area contributed by atoms with E-state index in [2.05, 4.69) is 32.0 Å². The molecule has 2 heterocycles. The van der Waals surface area contributed by atoms with Crippen LogP contribution in [0.5, 0.6) is 0 Å². The molecule has 1 aromatic heterocycles. The van der Waals surface area contributed by atoms with Crippen LogP contribution in [-0.4, -0.2) is 46.3 Å². The molecule has 2 aromatic rings. The van der Waals surface area contributed by atoms with Gasteiger partial charge in [-0.2, -0.15) is 5.26 Å². The van der Waals surface area contributed by atoms with E-state index in [9.17, 15) is 19.6 Å². The first-order valence-corrected chi connectivity index (χ1v) is 11.7. The zero-order valence-corrected chi connectivity index (χ0v) is 19.3. The Morgan fingerprint density at radius 1 is 1.18 bits per heavy atom. The molecule has 0 bridgehead atoms. The lowest BCUT2D eigenvalue weighted by Gasteiger charge is -2.25. The lowest BCUT2D eigenvalue weighted by molar-refractivity contribution is -0.128. The smallest absolute Gasteiger partial charge is 0.287 e. The standard InChI is InChI=1S/C22H24Cl2N6O3/c23-14-5-6-15(24)18-17(14)29-19(30-18)22(33)28-16(8-11-3-4-11)21(32)27-13(10-25)9-12-2-1-7-26-20(12)31/h5-6,11-13,16H,1-4,7-9H2,(H,26,31)(H,27,32)(H,28,33)(H,29,30). The van der Waals surface area contributed by atoms with E-state index in [0.29, 0.717) is 46.4 Å². The fourth-order valence-electron chi connectivity index (χ4n) is 4.04. The Bertz CT molecular complexity index is 1080. The molecule has 1 saturated heterocycles. The van der Waals surface area contributed by atoms with Crippen molar-refractivity contribution in [1.82, 2.24) is 25.9 Å². The number of carbonyl (C=O) groups excluding carboxylic acids is 3. The summed E-state index contributed by atoms with van der Waals surface area (Å²) in [7, 11) is 0. The predicted octanol–water partition coefficient (Wildman–Crippen LogP) is 2.69. The van der Waals surface area contributed by atoms with Gasteiger partial charge in [0.15, 0.2) is 5.82 Å². The van der Waals surface area contributed by atoms with Crippen molar-refractivity contribution in [3.05, 3.63) is 28.0 Å². The SMILES string of the molecule is N#CC(CC1CCCNC1=O)NC(=O)C(CC1CC1)NC(=O)c1nc2c(Cl)ccc(Cl)c2[nH]1. The molecule has 1 aliphatic heterocycles. The molecule has 11 heteroatoms. The van der Waals surface area contributed by atoms with Crippen molar-refractivity contribution in [2.75, 3.05) is 6.54 Å². The highest BCUT2D eigenvalue weighted by molar-refractivity contribution is 6.39. The monoisotopic (exact) mass is 490 g/mol. The van der Waals surface area contributed by atoms with Crippen LogP contribution in [0.2, 0.25) is 10.0 Å². The van der Waals surface area contributed by atoms with E-state index < -0.39 is 23.9 Å². The molecule has 0 spiro atoms. The Morgan fingerprint density at radius 2 is 1.94 bits per heavy atom. The summed E-state index contributed by atoms with van der Waals surface area (Å²) in [6, 6.07) is 3.60. The number of piperidine rings is 1. The molecule has 4 N–H and O–H groups in total. The predicted molar refractivity (Wildman–Crippen MR) is 123 cm³/mol. The van der Waals surface area contributed by atoms with Gasteiger partial charge in [0.1, 0.15) is 17.6 Å². The van der Waals surface area contributed by atoms with Gasteiger partial charge in [-0.25, -0.2) is 4.98 Å². The van der Waals surface area contributed by atoms with E-state index >= 15 is 0 Å². The molecule has 9 nitrogen and oxygen atoms in total. The Labute approximate surface area is 200 Å². The zero-order chi connectivity index (χ0) is 23.5. The van der Waals surface area contributed by atoms with E-state index in [0.717, 1.165) is 19.3 Å². The van der Waals surface area contributed by atoms with E-state index in [1.54, 1.807) is 12.1 Å². The average Bonchev–Trinajstić information content (AvgIpc) is 3.49. The third-order valence-corrected chi connectivity index (χ3v) is 6.66.